The van der Waals surface area contributed by atoms with Crippen LogP contribution in [0.3, 0.4) is 0 Å². The summed E-state index contributed by atoms with van der Waals surface area (Å²) < 4.78 is 10.7. The summed E-state index contributed by atoms with van der Waals surface area (Å²) >= 11 is 0. The summed E-state index contributed by atoms with van der Waals surface area (Å²) in [4.78, 5) is 11.1. The van der Waals surface area contributed by atoms with E-state index in [0.717, 1.165) is 22.4 Å². The Bertz CT molecular complexity index is 1010. The molecule has 2 aromatic carbocycles. The number of aromatic nitrogens is 3. The summed E-state index contributed by atoms with van der Waals surface area (Å²) in [7, 11) is 1.63. The number of benzene rings is 2. The van der Waals surface area contributed by atoms with Crippen molar-refractivity contribution in [1.29, 1.82) is 0 Å². The predicted molar refractivity (Wildman–Crippen MR) is 93.6 cm³/mol. The van der Waals surface area contributed by atoms with Crippen LogP contribution in [0.15, 0.2) is 42.5 Å². The van der Waals surface area contributed by atoms with E-state index >= 15 is 0 Å². The van der Waals surface area contributed by atoms with Gasteiger partial charge in [-0.25, -0.2) is 9.89 Å². The van der Waals surface area contributed by atoms with Crippen molar-refractivity contribution < 1.29 is 19.4 Å². The first-order chi connectivity index (χ1) is 12.6. The number of carboxylic acids is 1. The molecule has 3 aromatic rings. The van der Waals surface area contributed by atoms with Gasteiger partial charge in [0, 0.05) is 11.1 Å². The van der Waals surface area contributed by atoms with Gasteiger partial charge >= 0.3 is 5.97 Å². The monoisotopic (exact) mass is 349 g/mol. The summed E-state index contributed by atoms with van der Waals surface area (Å²) in [5.74, 6) is 6.06. The molecular weight excluding hydrogens is 334 g/mol. The van der Waals surface area contributed by atoms with Gasteiger partial charge in [-0.2, -0.15) is 0 Å². The summed E-state index contributed by atoms with van der Waals surface area (Å²) in [6.07, 6.45) is 0. The van der Waals surface area contributed by atoms with Gasteiger partial charge in [0.15, 0.2) is 0 Å². The van der Waals surface area contributed by atoms with E-state index in [4.69, 9.17) is 14.6 Å². The Kier molecular flexibility index (Phi) is 4.85. The zero-order valence-electron chi connectivity index (χ0n) is 14.1. The standard InChI is InChI=1S/C19H15N3O4/c1-12-10-14(8-9-16(12)25-2)7-6-13-4-3-5-15(11-13)26-18-17(19(23)24)20-22-21-18/h3-5,8-11H,1-2H3,(H,23,24)(H,20,21,22). The van der Waals surface area contributed by atoms with E-state index in [0.29, 0.717) is 5.75 Å². The number of H-pyrrole nitrogens is 1. The number of methoxy groups -OCH3 is 1. The highest BCUT2D eigenvalue weighted by Gasteiger charge is 2.16. The van der Waals surface area contributed by atoms with Crippen LogP contribution < -0.4 is 9.47 Å². The Morgan fingerprint density at radius 1 is 1.15 bits per heavy atom. The summed E-state index contributed by atoms with van der Waals surface area (Å²) in [6, 6.07) is 12.7. The predicted octanol–water partition coefficient (Wildman–Crippen LogP) is 3.01. The van der Waals surface area contributed by atoms with Gasteiger partial charge in [0.25, 0.3) is 5.88 Å². The minimum absolute atomic E-state index is 0.103. The number of hydrogen-bond donors (Lipinski definition) is 2. The first kappa shape index (κ1) is 17.0. The summed E-state index contributed by atoms with van der Waals surface area (Å²) in [5.41, 5.74) is 2.37. The first-order valence-corrected chi connectivity index (χ1v) is 7.65. The van der Waals surface area contributed by atoms with Crippen molar-refractivity contribution in [2.75, 3.05) is 7.11 Å². The molecule has 7 nitrogen and oxygen atoms in total. The van der Waals surface area contributed by atoms with Crippen LogP contribution in [0.5, 0.6) is 17.4 Å². The average Bonchev–Trinajstić information content (AvgIpc) is 3.09. The molecule has 2 N–H and O–H groups in total. The van der Waals surface area contributed by atoms with Gasteiger partial charge in [-0.15, -0.1) is 0 Å². The van der Waals surface area contributed by atoms with E-state index in [2.05, 4.69) is 27.3 Å². The van der Waals surface area contributed by atoms with Gasteiger partial charge in [0.1, 0.15) is 11.5 Å². The van der Waals surface area contributed by atoms with Crippen LogP contribution in [-0.4, -0.2) is 33.6 Å². The lowest BCUT2D eigenvalue weighted by molar-refractivity contribution is 0.0687. The zero-order chi connectivity index (χ0) is 18.5. The van der Waals surface area contributed by atoms with Crippen molar-refractivity contribution in [2.24, 2.45) is 0 Å². The van der Waals surface area contributed by atoms with Gasteiger partial charge in [-0.05, 0) is 48.9 Å². The minimum atomic E-state index is -1.20. The molecule has 0 radical (unpaired) electrons. The average molecular weight is 349 g/mol. The molecule has 0 bridgehead atoms. The van der Waals surface area contributed by atoms with Crippen LogP contribution in [0.1, 0.15) is 27.2 Å². The lowest BCUT2D eigenvalue weighted by atomic mass is 10.1. The molecule has 3 rings (SSSR count). The molecule has 130 valence electrons. The molecule has 26 heavy (non-hydrogen) atoms. The maximum absolute atomic E-state index is 11.1. The van der Waals surface area contributed by atoms with Crippen molar-refractivity contribution in [3.63, 3.8) is 0 Å². The van der Waals surface area contributed by atoms with Crippen LogP contribution in [0.4, 0.5) is 0 Å². The number of aryl methyl sites for hydroxylation is 1. The lowest BCUT2D eigenvalue weighted by Crippen LogP contribution is -1.99. The normalized spacial score (nSPS) is 9.92. The number of carbonyl (C=O) groups is 1. The molecule has 0 aliphatic rings. The Morgan fingerprint density at radius 2 is 1.92 bits per heavy atom. The second-order valence-electron chi connectivity index (χ2n) is 5.36. The topological polar surface area (TPSA) is 97.3 Å². The third kappa shape index (κ3) is 3.82. The highest BCUT2D eigenvalue weighted by atomic mass is 16.5. The molecule has 0 amide bonds. The van der Waals surface area contributed by atoms with Gasteiger partial charge in [-0.1, -0.05) is 28.2 Å². The van der Waals surface area contributed by atoms with Crippen LogP contribution in [-0.2, 0) is 0 Å². The molecular formula is C19H15N3O4. The quantitative estimate of drug-likeness (QED) is 0.703. The van der Waals surface area contributed by atoms with E-state index in [1.807, 2.05) is 31.2 Å². The highest BCUT2D eigenvalue weighted by Crippen LogP contribution is 2.22. The molecule has 7 heteroatoms. The second-order valence-corrected chi connectivity index (χ2v) is 5.36. The minimum Gasteiger partial charge on any atom is -0.496 e. The first-order valence-electron chi connectivity index (χ1n) is 7.65. The van der Waals surface area contributed by atoms with Gasteiger partial charge in [0.05, 0.1) is 7.11 Å². The Labute approximate surface area is 149 Å². The van der Waals surface area contributed by atoms with Gasteiger partial charge in [0.2, 0.25) is 5.69 Å². The number of nitrogens with zero attached hydrogens (tertiary/aromatic N) is 2. The fraction of sp³-hybridized carbons (Fsp3) is 0.105. The SMILES string of the molecule is COc1ccc(C#Cc2cccc(Oc3nn[nH]c3C(=O)O)c2)cc1C. The molecule has 0 aliphatic heterocycles. The van der Waals surface area contributed by atoms with Gasteiger partial charge in [-0.3, -0.25) is 0 Å². The summed E-state index contributed by atoms with van der Waals surface area (Å²) in [5, 5.41) is 18.4. The van der Waals surface area contributed by atoms with Crippen molar-refractivity contribution in [3.05, 3.63) is 64.8 Å². The van der Waals surface area contributed by atoms with E-state index in [1.165, 1.54) is 0 Å². The third-order valence-electron chi connectivity index (χ3n) is 3.52. The molecule has 0 saturated carbocycles. The van der Waals surface area contributed by atoms with Crippen LogP contribution in [0.25, 0.3) is 0 Å². The van der Waals surface area contributed by atoms with Crippen molar-refractivity contribution in [3.8, 4) is 29.2 Å². The maximum Gasteiger partial charge on any atom is 0.359 e. The zero-order valence-corrected chi connectivity index (χ0v) is 14.1. The van der Waals surface area contributed by atoms with Crippen LogP contribution >= 0.6 is 0 Å². The molecule has 0 atom stereocenters. The van der Waals surface area contributed by atoms with Crippen LogP contribution in [0, 0.1) is 18.8 Å². The van der Waals surface area contributed by atoms with E-state index < -0.39 is 5.97 Å². The van der Waals surface area contributed by atoms with Gasteiger partial charge < -0.3 is 14.6 Å². The maximum atomic E-state index is 11.1. The molecule has 0 spiro atoms. The highest BCUT2D eigenvalue weighted by molar-refractivity contribution is 5.87. The number of hydrogen-bond acceptors (Lipinski definition) is 5. The van der Waals surface area contributed by atoms with Crippen molar-refractivity contribution in [2.45, 2.75) is 6.92 Å². The third-order valence-corrected chi connectivity index (χ3v) is 3.52. The smallest absolute Gasteiger partial charge is 0.359 e. The molecule has 1 aromatic heterocycles. The Morgan fingerprint density at radius 3 is 2.62 bits per heavy atom. The molecule has 0 aliphatic carbocycles. The largest absolute Gasteiger partial charge is 0.496 e. The van der Waals surface area contributed by atoms with E-state index in [-0.39, 0.29) is 11.6 Å². The number of rotatable bonds is 4. The molecule has 0 unspecified atom stereocenters. The number of aromatic amines is 1. The van der Waals surface area contributed by atoms with Crippen LogP contribution in [0.2, 0.25) is 0 Å². The molecule has 1 heterocycles. The fourth-order valence-corrected chi connectivity index (χ4v) is 2.28. The van der Waals surface area contributed by atoms with Crippen molar-refractivity contribution in [1.82, 2.24) is 15.4 Å². The summed E-state index contributed by atoms with van der Waals surface area (Å²) in [6.45, 7) is 1.95. The number of carboxylic acid groups (broad SMARTS) is 1. The Balaban J connectivity index is 1.81. The second kappa shape index (κ2) is 7.40. The van der Waals surface area contributed by atoms with E-state index in [9.17, 15) is 4.79 Å². The number of ether oxygens (including phenoxy) is 2. The molecule has 0 saturated heterocycles. The van der Waals surface area contributed by atoms with Crippen molar-refractivity contribution >= 4 is 5.97 Å². The number of nitrogens with one attached hydrogen (secondary N) is 1. The fourth-order valence-electron chi connectivity index (χ4n) is 2.28. The van der Waals surface area contributed by atoms with E-state index in [1.54, 1.807) is 25.3 Å². The lowest BCUT2D eigenvalue weighted by Gasteiger charge is -2.04. The Hall–Kier alpha value is -3.79. The number of aromatic carboxylic acids is 1. The molecule has 0 fully saturated rings.